The van der Waals surface area contributed by atoms with Crippen LogP contribution in [-0.4, -0.2) is 62.0 Å². The van der Waals surface area contributed by atoms with E-state index in [-0.39, 0.29) is 12.5 Å². The summed E-state index contributed by atoms with van der Waals surface area (Å²) in [6.07, 6.45) is 1.53. The molecule has 3 heterocycles. The Morgan fingerprint density at radius 1 is 1.37 bits per heavy atom. The van der Waals surface area contributed by atoms with E-state index < -0.39 is 36.3 Å². The number of aromatic amines is 1. The van der Waals surface area contributed by atoms with Crippen LogP contribution in [0.3, 0.4) is 0 Å². The molecule has 6 atom stereocenters. The highest BCUT2D eigenvalue weighted by atomic mass is 16.5. The van der Waals surface area contributed by atoms with Gasteiger partial charge in [0, 0.05) is 11.8 Å². The van der Waals surface area contributed by atoms with Crippen molar-refractivity contribution >= 4 is 22.8 Å². The molecule has 0 aliphatic carbocycles. The maximum atomic E-state index is 12.1. The predicted octanol–water partition coefficient (Wildman–Crippen LogP) is -0.809. The lowest BCUT2D eigenvalue weighted by Crippen LogP contribution is -2.42. The van der Waals surface area contributed by atoms with Crippen LogP contribution in [0.2, 0.25) is 0 Å². The average Bonchev–Trinajstić information content (AvgIpc) is 3.21. The molecule has 0 aromatic carbocycles. The molecular weight excluding hydrogens is 352 g/mol. The minimum absolute atomic E-state index is 0.00587. The van der Waals surface area contributed by atoms with Crippen LogP contribution in [0.1, 0.15) is 31.9 Å². The van der Waals surface area contributed by atoms with Gasteiger partial charge in [-0.05, 0) is 5.92 Å². The Balaban J connectivity index is 1.70. The van der Waals surface area contributed by atoms with Crippen LogP contribution in [-0.2, 0) is 9.53 Å². The quantitative estimate of drug-likeness (QED) is 0.351. The van der Waals surface area contributed by atoms with Crippen molar-refractivity contribution in [2.45, 2.75) is 50.6 Å². The SMILES string of the molecule is CCC(C)C(N)C(=O)OC[C@H]1N[C@@H](c2c[nH]c3c(N)ncnc23)[C@H](O)[C@@H]1O. The molecule has 1 aliphatic rings. The molecule has 0 spiro atoms. The first-order valence-electron chi connectivity index (χ1n) is 8.97. The van der Waals surface area contributed by atoms with Crippen molar-refractivity contribution in [1.29, 1.82) is 0 Å². The number of aromatic nitrogens is 3. The van der Waals surface area contributed by atoms with Gasteiger partial charge in [-0.1, -0.05) is 20.3 Å². The summed E-state index contributed by atoms with van der Waals surface area (Å²) in [7, 11) is 0. The molecule has 2 aromatic rings. The van der Waals surface area contributed by atoms with Gasteiger partial charge < -0.3 is 31.4 Å². The van der Waals surface area contributed by atoms with Crippen LogP contribution < -0.4 is 16.8 Å². The summed E-state index contributed by atoms with van der Waals surface area (Å²) in [6, 6.07) is -1.96. The Hall–Kier alpha value is -2.27. The Morgan fingerprint density at radius 2 is 2.11 bits per heavy atom. The van der Waals surface area contributed by atoms with Crippen molar-refractivity contribution in [3.63, 3.8) is 0 Å². The third-order valence-electron chi connectivity index (χ3n) is 5.29. The molecule has 148 valence electrons. The van der Waals surface area contributed by atoms with Crippen LogP contribution in [0.4, 0.5) is 5.82 Å². The number of hydrogen-bond donors (Lipinski definition) is 6. The summed E-state index contributed by atoms with van der Waals surface area (Å²) in [5.74, 6) is -0.235. The van der Waals surface area contributed by atoms with Gasteiger partial charge in [0.05, 0.1) is 17.6 Å². The van der Waals surface area contributed by atoms with E-state index in [1.165, 1.54) is 6.33 Å². The summed E-state index contributed by atoms with van der Waals surface area (Å²) < 4.78 is 5.25. The summed E-state index contributed by atoms with van der Waals surface area (Å²) in [4.78, 5) is 23.2. The highest BCUT2D eigenvalue weighted by molar-refractivity contribution is 5.87. The standard InChI is InChI=1S/C17H26N6O4/c1-3-7(2)10(18)17(26)27-5-9-14(24)15(25)12(23-9)8-4-20-13-11(8)21-6-22-16(13)19/h4,6-7,9-10,12,14-15,20,23-25H,3,5,18H2,1-2H3,(H2,19,21,22)/t7?,9-,10?,12+,14-,15+/m1/s1. The van der Waals surface area contributed by atoms with E-state index in [4.69, 9.17) is 16.2 Å². The number of anilines is 1. The van der Waals surface area contributed by atoms with E-state index in [1.807, 2.05) is 13.8 Å². The number of aliphatic hydroxyl groups is 2. The monoisotopic (exact) mass is 378 g/mol. The Morgan fingerprint density at radius 3 is 2.81 bits per heavy atom. The lowest BCUT2D eigenvalue weighted by molar-refractivity contribution is -0.148. The molecule has 10 heteroatoms. The molecule has 0 saturated carbocycles. The summed E-state index contributed by atoms with van der Waals surface area (Å²) in [6.45, 7) is 3.72. The van der Waals surface area contributed by atoms with Gasteiger partial charge in [-0.3, -0.25) is 10.1 Å². The Bertz CT molecular complexity index is 812. The van der Waals surface area contributed by atoms with Crippen molar-refractivity contribution in [1.82, 2.24) is 20.3 Å². The van der Waals surface area contributed by atoms with E-state index in [9.17, 15) is 15.0 Å². The number of nitrogens with two attached hydrogens (primary N) is 2. The number of ether oxygens (including phenoxy) is 1. The smallest absolute Gasteiger partial charge is 0.323 e. The van der Waals surface area contributed by atoms with E-state index in [0.29, 0.717) is 22.4 Å². The van der Waals surface area contributed by atoms with Crippen molar-refractivity contribution < 1.29 is 19.7 Å². The number of hydrogen-bond acceptors (Lipinski definition) is 9. The minimum Gasteiger partial charge on any atom is -0.463 e. The number of H-pyrrole nitrogens is 1. The van der Waals surface area contributed by atoms with Gasteiger partial charge in [0.15, 0.2) is 5.82 Å². The third kappa shape index (κ3) is 3.61. The van der Waals surface area contributed by atoms with Crippen molar-refractivity contribution in [2.24, 2.45) is 11.7 Å². The van der Waals surface area contributed by atoms with Crippen LogP contribution in [0, 0.1) is 5.92 Å². The Kier molecular flexibility index (Phi) is 5.61. The molecular formula is C17H26N6O4. The number of carbonyl (C=O) groups is 1. The zero-order chi connectivity index (χ0) is 19.7. The Labute approximate surface area is 156 Å². The molecule has 3 rings (SSSR count). The molecule has 0 radical (unpaired) electrons. The van der Waals surface area contributed by atoms with Gasteiger partial charge in [-0.2, -0.15) is 0 Å². The lowest BCUT2D eigenvalue weighted by Gasteiger charge is -2.20. The molecule has 10 nitrogen and oxygen atoms in total. The molecule has 1 fully saturated rings. The van der Waals surface area contributed by atoms with Crippen LogP contribution in [0.5, 0.6) is 0 Å². The first-order valence-corrected chi connectivity index (χ1v) is 8.97. The number of nitrogens with one attached hydrogen (secondary N) is 2. The fraction of sp³-hybridized carbons (Fsp3) is 0.588. The molecule has 0 bridgehead atoms. The molecule has 27 heavy (non-hydrogen) atoms. The van der Waals surface area contributed by atoms with E-state index in [2.05, 4.69) is 20.3 Å². The number of aliphatic hydroxyl groups excluding tert-OH is 2. The van der Waals surface area contributed by atoms with E-state index >= 15 is 0 Å². The maximum Gasteiger partial charge on any atom is 0.323 e. The normalized spacial score (nSPS) is 27.6. The summed E-state index contributed by atoms with van der Waals surface area (Å²) in [5, 5.41) is 23.9. The molecule has 0 amide bonds. The van der Waals surface area contributed by atoms with Crippen LogP contribution in [0.15, 0.2) is 12.5 Å². The highest BCUT2D eigenvalue weighted by Gasteiger charge is 2.43. The second-order valence-electron chi connectivity index (χ2n) is 7.00. The van der Waals surface area contributed by atoms with Gasteiger partial charge in [0.25, 0.3) is 0 Å². The summed E-state index contributed by atoms with van der Waals surface area (Å²) >= 11 is 0. The predicted molar refractivity (Wildman–Crippen MR) is 98.4 cm³/mol. The van der Waals surface area contributed by atoms with Crippen LogP contribution >= 0.6 is 0 Å². The fourth-order valence-electron chi connectivity index (χ4n) is 3.25. The van der Waals surface area contributed by atoms with E-state index in [0.717, 1.165) is 6.42 Å². The van der Waals surface area contributed by atoms with E-state index in [1.54, 1.807) is 6.20 Å². The zero-order valence-corrected chi connectivity index (χ0v) is 15.3. The molecule has 1 saturated heterocycles. The average molecular weight is 378 g/mol. The van der Waals surface area contributed by atoms with Gasteiger partial charge in [0.2, 0.25) is 0 Å². The number of nitrogens with zero attached hydrogens (tertiary/aromatic N) is 2. The number of nitrogen functional groups attached to an aromatic ring is 1. The van der Waals surface area contributed by atoms with Gasteiger partial charge in [-0.15, -0.1) is 0 Å². The molecule has 1 aliphatic heterocycles. The second kappa shape index (κ2) is 7.77. The van der Waals surface area contributed by atoms with Gasteiger partial charge >= 0.3 is 5.97 Å². The molecule has 2 aromatic heterocycles. The fourth-order valence-corrected chi connectivity index (χ4v) is 3.25. The van der Waals surface area contributed by atoms with Crippen LogP contribution in [0.25, 0.3) is 11.0 Å². The number of esters is 1. The van der Waals surface area contributed by atoms with Crippen molar-refractivity contribution in [3.05, 3.63) is 18.1 Å². The zero-order valence-electron chi connectivity index (χ0n) is 15.3. The van der Waals surface area contributed by atoms with Crippen molar-refractivity contribution in [2.75, 3.05) is 12.3 Å². The maximum absolute atomic E-state index is 12.1. The van der Waals surface area contributed by atoms with Crippen molar-refractivity contribution in [3.8, 4) is 0 Å². The molecule has 2 unspecified atom stereocenters. The molecule has 8 N–H and O–H groups in total. The lowest BCUT2D eigenvalue weighted by atomic mass is 10.0. The van der Waals surface area contributed by atoms with Gasteiger partial charge in [-0.25, -0.2) is 9.97 Å². The largest absolute Gasteiger partial charge is 0.463 e. The highest BCUT2D eigenvalue weighted by Crippen LogP contribution is 2.32. The third-order valence-corrected chi connectivity index (χ3v) is 5.29. The summed E-state index contributed by atoms with van der Waals surface area (Å²) in [5.41, 5.74) is 13.4. The number of carbonyl (C=O) groups excluding carboxylic acids is 1. The second-order valence-corrected chi connectivity index (χ2v) is 7.00. The number of fused-ring (bicyclic) bond motifs is 1. The topological polar surface area (TPSA) is 172 Å². The first kappa shape index (κ1) is 19.5. The number of rotatable bonds is 6. The van der Waals surface area contributed by atoms with Gasteiger partial charge in [0.1, 0.15) is 36.7 Å². The first-order chi connectivity index (χ1) is 12.8. The minimum atomic E-state index is -1.12.